The molecule has 0 atom stereocenters. The molecule has 0 unspecified atom stereocenters. The average molecular weight is 285 g/mol. The number of aromatic nitrogens is 3. The van der Waals surface area contributed by atoms with Crippen molar-refractivity contribution >= 4 is 17.3 Å². The summed E-state index contributed by atoms with van der Waals surface area (Å²) in [5, 5.41) is 8.40. The molecule has 0 spiro atoms. The Morgan fingerprint density at radius 1 is 1.00 bits per heavy atom. The van der Waals surface area contributed by atoms with Gasteiger partial charge in [-0.1, -0.05) is 30.3 Å². The standard InChI is InChI=1S/C15H13ClN4/c16-10-14-18-19-15(11-5-4-6-12(17)9-11)20(14)13-7-2-1-3-8-13/h1-9H,10,17H2. The number of rotatable bonds is 3. The van der Waals surface area contributed by atoms with Gasteiger partial charge in [0, 0.05) is 16.9 Å². The summed E-state index contributed by atoms with van der Waals surface area (Å²) < 4.78 is 1.95. The average Bonchev–Trinajstić information content (AvgIpc) is 2.92. The highest BCUT2D eigenvalue weighted by Crippen LogP contribution is 2.24. The quantitative estimate of drug-likeness (QED) is 0.593. The number of benzene rings is 2. The number of anilines is 1. The van der Waals surface area contributed by atoms with Crippen LogP contribution in [0.2, 0.25) is 0 Å². The molecule has 4 nitrogen and oxygen atoms in total. The first-order chi connectivity index (χ1) is 9.79. The maximum Gasteiger partial charge on any atom is 0.168 e. The van der Waals surface area contributed by atoms with E-state index in [1.165, 1.54) is 0 Å². The van der Waals surface area contributed by atoms with Crippen LogP contribution in [-0.2, 0) is 5.88 Å². The van der Waals surface area contributed by atoms with Crippen molar-refractivity contribution < 1.29 is 0 Å². The molecule has 0 saturated carbocycles. The van der Waals surface area contributed by atoms with Crippen LogP contribution in [0, 0.1) is 0 Å². The second-order valence-corrected chi connectivity index (χ2v) is 4.64. The molecule has 5 heteroatoms. The minimum Gasteiger partial charge on any atom is -0.399 e. The smallest absolute Gasteiger partial charge is 0.168 e. The van der Waals surface area contributed by atoms with Crippen molar-refractivity contribution in [2.75, 3.05) is 5.73 Å². The molecule has 20 heavy (non-hydrogen) atoms. The number of alkyl halides is 1. The Morgan fingerprint density at radius 2 is 1.80 bits per heavy atom. The van der Waals surface area contributed by atoms with Crippen LogP contribution in [0.25, 0.3) is 17.1 Å². The highest BCUT2D eigenvalue weighted by Gasteiger charge is 2.14. The van der Waals surface area contributed by atoms with Crippen molar-refractivity contribution in [3.8, 4) is 17.1 Å². The molecule has 1 heterocycles. The van der Waals surface area contributed by atoms with Crippen LogP contribution in [0.15, 0.2) is 54.6 Å². The molecule has 0 aliphatic heterocycles. The largest absolute Gasteiger partial charge is 0.399 e. The van der Waals surface area contributed by atoms with Gasteiger partial charge >= 0.3 is 0 Å². The van der Waals surface area contributed by atoms with Crippen molar-refractivity contribution in [3.63, 3.8) is 0 Å². The lowest BCUT2D eigenvalue weighted by molar-refractivity contribution is 0.953. The Hall–Kier alpha value is -2.33. The van der Waals surface area contributed by atoms with Crippen molar-refractivity contribution in [2.24, 2.45) is 0 Å². The van der Waals surface area contributed by atoms with Crippen LogP contribution in [0.3, 0.4) is 0 Å². The molecule has 0 aliphatic carbocycles. The fourth-order valence-electron chi connectivity index (χ4n) is 2.12. The molecular formula is C15H13ClN4. The van der Waals surface area contributed by atoms with Gasteiger partial charge in [0.25, 0.3) is 0 Å². The fraction of sp³-hybridized carbons (Fsp3) is 0.0667. The summed E-state index contributed by atoms with van der Waals surface area (Å²) in [7, 11) is 0. The number of hydrogen-bond donors (Lipinski definition) is 1. The summed E-state index contributed by atoms with van der Waals surface area (Å²) in [4.78, 5) is 0. The van der Waals surface area contributed by atoms with E-state index in [0.29, 0.717) is 17.4 Å². The molecule has 3 aromatic rings. The maximum absolute atomic E-state index is 5.97. The van der Waals surface area contributed by atoms with Crippen molar-refractivity contribution in [1.29, 1.82) is 0 Å². The van der Waals surface area contributed by atoms with Gasteiger partial charge in [0.1, 0.15) is 0 Å². The fourth-order valence-corrected chi connectivity index (χ4v) is 2.29. The van der Waals surface area contributed by atoms with Crippen LogP contribution in [0.5, 0.6) is 0 Å². The number of para-hydroxylation sites is 1. The van der Waals surface area contributed by atoms with Crippen LogP contribution in [0.4, 0.5) is 5.69 Å². The molecule has 0 saturated heterocycles. The summed E-state index contributed by atoms with van der Waals surface area (Å²) in [6.45, 7) is 0. The monoisotopic (exact) mass is 284 g/mol. The third-order valence-electron chi connectivity index (χ3n) is 3.01. The Balaban J connectivity index is 2.20. The first-order valence-electron chi connectivity index (χ1n) is 6.21. The predicted molar refractivity (Wildman–Crippen MR) is 80.8 cm³/mol. The number of nitrogens with two attached hydrogens (primary N) is 1. The normalized spacial score (nSPS) is 10.7. The predicted octanol–water partition coefficient (Wildman–Crippen LogP) is 3.26. The molecule has 0 bridgehead atoms. The number of nitrogen functional groups attached to an aromatic ring is 1. The lowest BCUT2D eigenvalue weighted by Gasteiger charge is -2.09. The zero-order valence-corrected chi connectivity index (χ0v) is 11.5. The lowest BCUT2D eigenvalue weighted by Crippen LogP contribution is -2.01. The van der Waals surface area contributed by atoms with E-state index < -0.39 is 0 Å². The van der Waals surface area contributed by atoms with Gasteiger partial charge in [-0.05, 0) is 24.3 Å². The van der Waals surface area contributed by atoms with Gasteiger partial charge in [0.2, 0.25) is 0 Å². The van der Waals surface area contributed by atoms with Gasteiger partial charge in [-0.25, -0.2) is 0 Å². The van der Waals surface area contributed by atoms with Gasteiger partial charge in [-0.15, -0.1) is 21.8 Å². The third-order valence-corrected chi connectivity index (χ3v) is 3.25. The van der Waals surface area contributed by atoms with E-state index in [-0.39, 0.29) is 0 Å². The van der Waals surface area contributed by atoms with Gasteiger partial charge in [-0.2, -0.15) is 0 Å². The van der Waals surface area contributed by atoms with Crippen LogP contribution in [-0.4, -0.2) is 14.8 Å². The second-order valence-electron chi connectivity index (χ2n) is 4.37. The first-order valence-corrected chi connectivity index (χ1v) is 6.74. The molecule has 100 valence electrons. The molecule has 3 rings (SSSR count). The Bertz CT molecular complexity index is 722. The summed E-state index contributed by atoms with van der Waals surface area (Å²) in [6.07, 6.45) is 0. The molecule has 0 aliphatic rings. The topological polar surface area (TPSA) is 56.7 Å². The van der Waals surface area contributed by atoms with Gasteiger partial charge in [0.15, 0.2) is 11.6 Å². The van der Waals surface area contributed by atoms with Gasteiger partial charge in [-0.3, -0.25) is 4.57 Å². The van der Waals surface area contributed by atoms with E-state index in [0.717, 1.165) is 17.1 Å². The van der Waals surface area contributed by atoms with E-state index in [1.807, 2.05) is 59.2 Å². The van der Waals surface area contributed by atoms with E-state index in [2.05, 4.69) is 10.2 Å². The Labute approximate surface area is 121 Å². The zero-order valence-electron chi connectivity index (χ0n) is 10.7. The van der Waals surface area contributed by atoms with Crippen LogP contribution < -0.4 is 5.73 Å². The molecule has 0 fully saturated rings. The molecule has 0 radical (unpaired) electrons. The molecule has 0 amide bonds. The molecule has 2 aromatic carbocycles. The number of hydrogen-bond acceptors (Lipinski definition) is 3. The zero-order chi connectivity index (χ0) is 13.9. The molecule has 1 aromatic heterocycles. The Kier molecular flexibility index (Phi) is 3.39. The SMILES string of the molecule is Nc1cccc(-c2nnc(CCl)n2-c2ccccc2)c1. The summed E-state index contributed by atoms with van der Waals surface area (Å²) in [5.41, 5.74) is 8.42. The van der Waals surface area contributed by atoms with Gasteiger partial charge in [0.05, 0.1) is 5.88 Å². The van der Waals surface area contributed by atoms with Crippen LogP contribution >= 0.6 is 11.6 Å². The second kappa shape index (κ2) is 5.35. The minimum absolute atomic E-state index is 0.296. The molecular weight excluding hydrogens is 272 g/mol. The highest BCUT2D eigenvalue weighted by molar-refractivity contribution is 6.16. The summed E-state index contributed by atoms with van der Waals surface area (Å²) in [5.74, 6) is 1.74. The number of halogens is 1. The van der Waals surface area contributed by atoms with E-state index in [9.17, 15) is 0 Å². The third kappa shape index (κ3) is 2.26. The first kappa shape index (κ1) is 12.7. The lowest BCUT2D eigenvalue weighted by atomic mass is 10.2. The van der Waals surface area contributed by atoms with Crippen LogP contribution in [0.1, 0.15) is 5.82 Å². The number of nitrogens with zero attached hydrogens (tertiary/aromatic N) is 3. The minimum atomic E-state index is 0.296. The van der Waals surface area contributed by atoms with E-state index in [4.69, 9.17) is 17.3 Å². The summed E-state index contributed by atoms with van der Waals surface area (Å²) in [6, 6.07) is 17.5. The van der Waals surface area contributed by atoms with Crippen molar-refractivity contribution in [1.82, 2.24) is 14.8 Å². The maximum atomic E-state index is 5.97. The molecule has 2 N–H and O–H groups in total. The summed E-state index contributed by atoms with van der Waals surface area (Å²) >= 11 is 5.97. The van der Waals surface area contributed by atoms with E-state index >= 15 is 0 Å². The van der Waals surface area contributed by atoms with E-state index in [1.54, 1.807) is 0 Å². The highest BCUT2D eigenvalue weighted by atomic mass is 35.5. The van der Waals surface area contributed by atoms with Gasteiger partial charge < -0.3 is 5.73 Å². The van der Waals surface area contributed by atoms with Crippen molar-refractivity contribution in [3.05, 3.63) is 60.4 Å². The van der Waals surface area contributed by atoms with Crippen molar-refractivity contribution in [2.45, 2.75) is 5.88 Å². The Morgan fingerprint density at radius 3 is 2.50 bits per heavy atom.